The first-order chi connectivity index (χ1) is 23.1. The first-order valence-corrected chi connectivity index (χ1v) is 18.8. The van der Waals surface area contributed by atoms with Crippen LogP contribution < -0.4 is 9.80 Å². The van der Waals surface area contributed by atoms with Crippen LogP contribution in [0.15, 0.2) is 105 Å². The van der Waals surface area contributed by atoms with Crippen molar-refractivity contribution in [1.82, 2.24) is 0 Å². The molecule has 0 saturated carbocycles. The third-order valence-corrected chi connectivity index (χ3v) is 11.1. The van der Waals surface area contributed by atoms with Gasteiger partial charge in [-0.3, -0.25) is 0 Å². The van der Waals surface area contributed by atoms with Crippen molar-refractivity contribution in [2.75, 3.05) is 36.0 Å². The SMILES string of the molecule is Br.CC(O)C(=O)O.Cc1ccc(Sc2ccccc2N2CCCCC2)c(C)c1.Cc1ccc(Sc2ccccc2N2CCCCC2)c(C)c1. The van der Waals surface area contributed by atoms with Gasteiger partial charge in [-0.05, 0) is 121 Å². The quantitative estimate of drug-likeness (QED) is 0.194. The molecule has 0 aliphatic carbocycles. The maximum Gasteiger partial charge on any atom is 0.332 e. The molecule has 8 heteroatoms. The van der Waals surface area contributed by atoms with Gasteiger partial charge in [0.1, 0.15) is 6.10 Å². The molecule has 264 valence electrons. The Morgan fingerprint density at radius 2 is 0.939 bits per heavy atom. The normalized spacial score (nSPS) is 14.7. The molecule has 0 radical (unpaired) electrons. The van der Waals surface area contributed by atoms with E-state index in [0.717, 1.165) is 0 Å². The van der Waals surface area contributed by atoms with E-state index in [1.807, 2.05) is 23.5 Å². The third kappa shape index (κ3) is 12.7. The van der Waals surface area contributed by atoms with Crippen molar-refractivity contribution >= 4 is 57.8 Å². The van der Waals surface area contributed by atoms with E-state index in [9.17, 15) is 4.79 Å². The molecule has 2 N–H and O–H groups in total. The van der Waals surface area contributed by atoms with Crippen LogP contribution in [0.4, 0.5) is 11.4 Å². The van der Waals surface area contributed by atoms with Gasteiger partial charge in [0.25, 0.3) is 0 Å². The Morgan fingerprint density at radius 1 is 0.592 bits per heavy atom. The van der Waals surface area contributed by atoms with Crippen molar-refractivity contribution in [3.8, 4) is 0 Å². The van der Waals surface area contributed by atoms with Gasteiger partial charge < -0.3 is 20.0 Å². The Balaban J connectivity index is 0.000000224. The predicted molar refractivity (Wildman–Crippen MR) is 215 cm³/mol. The number of aliphatic carboxylic acids is 1. The number of hydrogen-bond donors (Lipinski definition) is 2. The molecule has 2 aliphatic heterocycles. The second-order valence-electron chi connectivity index (χ2n) is 12.8. The minimum atomic E-state index is -1.23. The minimum absolute atomic E-state index is 0. The Bertz CT molecular complexity index is 1510. The second kappa shape index (κ2) is 20.7. The summed E-state index contributed by atoms with van der Waals surface area (Å²) < 4.78 is 0. The van der Waals surface area contributed by atoms with Gasteiger partial charge in [0.05, 0.1) is 11.4 Å². The summed E-state index contributed by atoms with van der Waals surface area (Å²) in [5, 5.41) is 15.8. The molecule has 2 fully saturated rings. The molecule has 4 aromatic carbocycles. The molecule has 1 atom stereocenters. The average Bonchev–Trinajstić information content (AvgIpc) is 3.09. The molecule has 2 aliphatic rings. The highest BCUT2D eigenvalue weighted by Gasteiger charge is 2.16. The van der Waals surface area contributed by atoms with Gasteiger partial charge >= 0.3 is 5.97 Å². The smallest absolute Gasteiger partial charge is 0.332 e. The maximum absolute atomic E-state index is 9.45. The number of piperidine rings is 2. The van der Waals surface area contributed by atoms with E-state index in [4.69, 9.17) is 10.2 Å². The molecule has 0 spiro atoms. The van der Waals surface area contributed by atoms with Crippen LogP contribution in [-0.2, 0) is 4.79 Å². The number of aliphatic hydroxyl groups excluding tert-OH is 1. The van der Waals surface area contributed by atoms with Crippen molar-refractivity contribution in [3.05, 3.63) is 107 Å². The number of nitrogens with zero attached hydrogens (tertiary/aromatic N) is 2. The van der Waals surface area contributed by atoms with E-state index >= 15 is 0 Å². The number of anilines is 2. The van der Waals surface area contributed by atoms with E-state index in [2.05, 4.69) is 122 Å². The van der Waals surface area contributed by atoms with Crippen LogP contribution in [0.3, 0.4) is 0 Å². The lowest BCUT2D eigenvalue weighted by Crippen LogP contribution is -2.29. The molecule has 5 nitrogen and oxygen atoms in total. The van der Waals surface area contributed by atoms with E-state index in [1.54, 1.807) is 0 Å². The van der Waals surface area contributed by atoms with E-state index in [1.165, 1.54) is 125 Å². The highest BCUT2D eigenvalue weighted by atomic mass is 79.9. The zero-order valence-corrected chi connectivity index (χ0v) is 33.0. The lowest BCUT2D eigenvalue weighted by molar-refractivity contribution is -0.145. The molecular formula is C41H53BrN2O3S2. The summed E-state index contributed by atoms with van der Waals surface area (Å²) in [6.45, 7) is 14.7. The molecular weight excluding hydrogens is 712 g/mol. The number of aliphatic hydroxyl groups is 1. The fourth-order valence-electron chi connectivity index (χ4n) is 5.94. The summed E-state index contributed by atoms with van der Waals surface area (Å²) in [4.78, 5) is 20.0. The van der Waals surface area contributed by atoms with E-state index < -0.39 is 12.1 Å². The number of hydrogen-bond acceptors (Lipinski definition) is 6. The van der Waals surface area contributed by atoms with Crippen molar-refractivity contribution < 1.29 is 15.0 Å². The summed E-state index contributed by atoms with van der Waals surface area (Å²) in [5.41, 5.74) is 8.22. The molecule has 49 heavy (non-hydrogen) atoms. The van der Waals surface area contributed by atoms with Gasteiger partial charge in [-0.25, -0.2) is 4.79 Å². The zero-order valence-electron chi connectivity index (χ0n) is 29.7. The number of carboxylic acid groups (broad SMARTS) is 1. The van der Waals surface area contributed by atoms with E-state index in [-0.39, 0.29) is 17.0 Å². The molecule has 4 aromatic rings. The van der Waals surface area contributed by atoms with Crippen molar-refractivity contribution in [2.45, 2.75) is 98.8 Å². The third-order valence-electron chi connectivity index (χ3n) is 8.58. The molecule has 2 heterocycles. The van der Waals surface area contributed by atoms with Gasteiger partial charge in [-0.1, -0.05) is 83.2 Å². The first-order valence-electron chi connectivity index (χ1n) is 17.2. The highest BCUT2D eigenvalue weighted by molar-refractivity contribution is 8.93. The number of carbonyl (C=O) groups is 1. The predicted octanol–water partition coefficient (Wildman–Crippen LogP) is 10.9. The number of aryl methyl sites for hydroxylation is 4. The van der Waals surface area contributed by atoms with Crippen LogP contribution in [0.25, 0.3) is 0 Å². The Kier molecular flexibility index (Phi) is 17.1. The van der Waals surface area contributed by atoms with Gasteiger partial charge in [-0.15, -0.1) is 17.0 Å². The van der Waals surface area contributed by atoms with Gasteiger partial charge in [0.15, 0.2) is 0 Å². The Hall–Kier alpha value is -2.91. The zero-order chi connectivity index (χ0) is 34.5. The number of halogens is 1. The summed E-state index contributed by atoms with van der Waals surface area (Å²) in [6, 6.07) is 31.2. The summed E-state index contributed by atoms with van der Waals surface area (Å²) in [5.74, 6) is -1.19. The van der Waals surface area contributed by atoms with Crippen LogP contribution in [0.5, 0.6) is 0 Å². The van der Waals surface area contributed by atoms with E-state index in [0.29, 0.717) is 0 Å². The Labute approximate surface area is 313 Å². The number of carboxylic acids is 1. The van der Waals surface area contributed by atoms with Crippen LogP contribution >= 0.6 is 40.5 Å². The number of para-hydroxylation sites is 2. The average molecular weight is 766 g/mol. The van der Waals surface area contributed by atoms with Crippen LogP contribution in [0.1, 0.15) is 67.7 Å². The van der Waals surface area contributed by atoms with Crippen LogP contribution in [0.2, 0.25) is 0 Å². The van der Waals surface area contributed by atoms with Gasteiger partial charge in [0, 0.05) is 45.8 Å². The largest absolute Gasteiger partial charge is 0.479 e. The molecule has 0 aromatic heterocycles. The molecule has 0 amide bonds. The van der Waals surface area contributed by atoms with Crippen molar-refractivity contribution in [2.24, 2.45) is 0 Å². The van der Waals surface area contributed by atoms with Crippen molar-refractivity contribution in [1.29, 1.82) is 0 Å². The molecule has 1 unspecified atom stereocenters. The lowest BCUT2D eigenvalue weighted by atomic mass is 10.1. The Morgan fingerprint density at radius 3 is 1.27 bits per heavy atom. The van der Waals surface area contributed by atoms with Crippen LogP contribution in [-0.4, -0.2) is 48.5 Å². The summed E-state index contributed by atoms with van der Waals surface area (Å²) in [7, 11) is 0. The van der Waals surface area contributed by atoms with Crippen molar-refractivity contribution in [3.63, 3.8) is 0 Å². The summed E-state index contributed by atoms with van der Waals surface area (Å²) in [6.07, 6.45) is 6.81. The first kappa shape index (κ1) is 40.5. The van der Waals surface area contributed by atoms with Crippen LogP contribution in [0, 0.1) is 27.7 Å². The lowest BCUT2D eigenvalue weighted by Gasteiger charge is -2.30. The topological polar surface area (TPSA) is 64.0 Å². The summed E-state index contributed by atoms with van der Waals surface area (Å²) >= 11 is 3.80. The molecule has 2 saturated heterocycles. The van der Waals surface area contributed by atoms with Gasteiger partial charge in [0.2, 0.25) is 0 Å². The second-order valence-corrected chi connectivity index (χ2v) is 15.0. The number of rotatable bonds is 7. The standard InChI is InChI=1S/2C19H23NS.C3H6O3.BrH/c2*1-15-10-11-18(16(2)14-15)21-19-9-5-4-8-17(19)20-12-6-3-7-13-20;1-2(4)3(5)6;/h2*4-5,8-11,14H,3,6-7,12-13H2,1-2H3;2,4H,1H3,(H,5,6);1H. The number of benzene rings is 4. The molecule has 0 bridgehead atoms. The maximum atomic E-state index is 9.45. The molecule has 6 rings (SSSR count). The fraction of sp³-hybridized carbons (Fsp3) is 0.390. The monoisotopic (exact) mass is 764 g/mol. The minimum Gasteiger partial charge on any atom is -0.479 e. The highest BCUT2D eigenvalue weighted by Crippen LogP contribution is 2.39. The van der Waals surface area contributed by atoms with Gasteiger partial charge in [-0.2, -0.15) is 0 Å². The fourth-order valence-corrected chi connectivity index (χ4v) is 8.03.